The van der Waals surface area contributed by atoms with Crippen LogP contribution in [0.1, 0.15) is 21.5 Å². The summed E-state index contributed by atoms with van der Waals surface area (Å²) in [5, 5.41) is 2.24. The first-order valence-corrected chi connectivity index (χ1v) is 9.58. The third-order valence-corrected chi connectivity index (χ3v) is 4.52. The zero-order valence-electron chi connectivity index (χ0n) is 17.9. The van der Waals surface area contributed by atoms with Gasteiger partial charge in [-0.1, -0.05) is 12.1 Å². The molecule has 0 saturated heterocycles. The van der Waals surface area contributed by atoms with Crippen LogP contribution in [0.15, 0.2) is 48.5 Å². The van der Waals surface area contributed by atoms with Crippen molar-refractivity contribution in [1.82, 2.24) is 10.2 Å². The molecule has 0 radical (unpaired) electrons. The lowest BCUT2D eigenvalue weighted by atomic mass is 10.1. The Morgan fingerprint density at radius 3 is 2.06 bits per heavy atom. The Morgan fingerprint density at radius 1 is 0.938 bits per heavy atom. The highest BCUT2D eigenvalue weighted by molar-refractivity contribution is 5.96. The lowest BCUT2D eigenvalue weighted by molar-refractivity contribution is -0.150. The number of alkyl halides is 3. The van der Waals surface area contributed by atoms with Gasteiger partial charge in [-0.05, 0) is 42.0 Å². The molecule has 2 amide bonds. The number of carbonyl (C=O) groups excluding carboxylic acids is 3. The molecule has 0 spiro atoms. The summed E-state index contributed by atoms with van der Waals surface area (Å²) in [5.41, 5.74) is 1.00. The fraction of sp³-hybridized carbons (Fsp3) is 0.318. The van der Waals surface area contributed by atoms with E-state index in [9.17, 15) is 27.6 Å². The molecule has 0 fully saturated rings. The maximum Gasteiger partial charge on any atom is 0.416 e. The average Bonchev–Trinajstić information content (AvgIpc) is 2.75. The smallest absolute Gasteiger partial charge is 0.416 e. The van der Waals surface area contributed by atoms with Crippen molar-refractivity contribution in [3.8, 4) is 0 Å². The topological polar surface area (TPSA) is 79.0 Å². The number of likely N-dealkylation sites (N-methyl/N-ethyl adjacent to an activating group) is 1. The van der Waals surface area contributed by atoms with Crippen LogP contribution in [-0.4, -0.2) is 57.0 Å². The van der Waals surface area contributed by atoms with Gasteiger partial charge < -0.3 is 19.9 Å². The quantitative estimate of drug-likeness (QED) is 0.625. The first-order valence-electron chi connectivity index (χ1n) is 9.58. The number of nitrogens with zero attached hydrogens (tertiary/aromatic N) is 2. The Bertz CT molecular complexity index is 942. The molecular formula is C22H24F3N3O4. The van der Waals surface area contributed by atoms with E-state index in [1.807, 2.05) is 43.3 Å². The Morgan fingerprint density at radius 2 is 1.53 bits per heavy atom. The summed E-state index contributed by atoms with van der Waals surface area (Å²) >= 11 is 0. The number of hydrogen-bond acceptors (Lipinski definition) is 5. The van der Waals surface area contributed by atoms with Crippen LogP contribution in [0.4, 0.5) is 18.9 Å². The molecule has 1 N–H and O–H groups in total. The minimum Gasteiger partial charge on any atom is -0.454 e. The molecule has 2 rings (SSSR count). The van der Waals surface area contributed by atoms with Crippen molar-refractivity contribution in [3.05, 3.63) is 65.2 Å². The van der Waals surface area contributed by atoms with Crippen LogP contribution in [0, 0.1) is 0 Å². The second kappa shape index (κ2) is 10.7. The summed E-state index contributed by atoms with van der Waals surface area (Å²) in [5.74, 6) is -2.01. The zero-order chi connectivity index (χ0) is 23.9. The van der Waals surface area contributed by atoms with Crippen molar-refractivity contribution < 1.29 is 32.3 Å². The molecule has 2 aromatic carbocycles. The molecule has 0 saturated carbocycles. The normalized spacial score (nSPS) is 10.9. The molecule has 172 valence electrons. The third-order valence-electron chi connectivity index (χ3n) is 4.52. The van der Waals surface area contributed by atoms with E-state index >= 15 is 0 Å². The Kier molecular flexibility index (Phi) is 8.22. The van der Waals surface area contributed by atoms with Crippen LogP contribution in [0.5, 0.6) is 0 Å². The van der Waals surface area contributed by atoms with Crippen LogP contribution in [0.3, 0.4) is 0 Å². The fourth-order valence-electron chi connectivity index (χ4n) is 2.63. The SMILES string of the molecule is CN(Cc1ccc(N(C)C)cc1)C(=O)COC(=O)CNC(=O)c1ccc(C(F)(F)F)cc1. The predicted molar refractivity (Wildman–Crippen MR) is 112 cm³/mol. The molecule has 0 aliphatic heterocycles. The molecule has 2 aromatic rings. The number of halogens is 3. The van der Waals surface area contributed by atoms with Gasteiger partial charge in [-0.25, -0.2) is 0 Å². The van der Waals surface area contributed by atoms with Crippen LogP contribution >= 0.6 is 0 Å². The molecule has 7 nitrogen and oxygen atoms in total. The second-order valence-electron chi connectivity index (χ2n) is 7.23. The van der Waals surface area contributed by atoms with Gasteiger partial charge in [0.05, 0.1) is 5.56 Å². The van der Waals surface area contributed by atoms with E-state index in [0.717, 1.165) is 35.5 Å². The molecule has 0 aliphatic rings. The number of carbonyl (C=O) groups is 3. The van der Waals surface area contributed by atoms with Gasteiger partial charge in [-0.2, -0.15) is 13.2 Å². The number of esters is 1. The van der Waals surface area contributed by atoms with E-state index < -0.39 is 42.7 Å². The number of ether oxygens (including phenoxy) is 1. The van der Waals surface area contributed by atoms with Gasteiger partial charge in [0.15, 0.2) is 6.61 Å². The van der Waals surface area contributed by atoms with Crippen LogP contribution in [-0.2, 0) is 27.0 Å². The van der Waals surface area contributed by atoms with Gasteiger partial charge >= 0.3 is 12.1 Å². The van der Waals surface area contributed by atoms with Crippen molar-refractivity contribution in [2.24, 2.45) is 0 Å². The molecule has 0 heterocycles. The largest absolute Gasteiger partial charge is 0.454 e. The second-order valence-corrected chi connectivity index (χ2v) is 7.23. The summed E-state index contributed by atoms with van der Waals surface area (Å²) in [6.07, 6.45) is -4.51. The highest BCUT2D eigenvalue weighted by atomic mass is 19.4. The maximum atomic E-state index is 12.6. The molecule has 10 heteroatoms. The Labute approximate surface area is 183 Å². The Hall–Kier alpha value is -3.56. The minimum absolute atomic E-state index is 0.0399. The summed E-state index contributed by atoms with van der Waals surface area (Å²) in [4.78, 5) is 39.3. The molecule has 0 aromatic heterocycles. The van der Waals surface area contributed by atoms with Crippen molar-refractivity contribution in [2.75, 3.05) is 39.2 Å². The summed E-state index contributed by atoms with van der Waals surface area (Å²) in [6, 6.07) is 11.2. The minimum atomic E-state index is -4.51. The first kappa shape index (κ1) is 24.7. The number of benzene rings is 2. The molecule has 0 atom stereocenters. The zero-order valence-corrected chi connectivity index (χ0v) is 17.9. The number of anilines is 1. The van der Waals surface area contributed by atoms with Gasteiger partial charge in [0.25, 0.3) is 11.8 Å². The van der Waals surface area contributed by atoms with Gasteiger partial charge in [-0.15, -0.1) is 0 Å². The summed E-state index contributed by atoms with van der Waals surface area (Å²) in [7, 11) is 5.42. The molecular weight excluding hydrogens is 427 g/mol. The fourth-order valence-corrected chi connectivity index (χ4v) is 2.63. The summed E-state index contributed by atoms with van der Waals surface area (Å²) < 4.78 is 42.5. The van der Waals surface area contributed by atoms with Crippen LogP contribution in [0.25, 0.3) is 0 Å². The van der Waals surface area contributed by atoms with Crippen LogP contribution < -0.4 is 10.2 Å². The van der Waals surface area contributed by atoms with Gasteiger partial charge in [0, 0.05) is 38.9 Å². The van der Waals surface area contributed by atoms with E-state index in [2.05, 4.69) is 5.32 Å². The molecule has 0 bridgehead atoms. The van der Waals surface area contributed by atoms with Gasteiger partial charge in [-0.3, -0.25) is 14.4 Å². The van der Waals surface area contributed by atoms with Crippen molar-refractivity contribution in [1.29, 1.82) is 0 Å². The lowest BCUT2D eigenvalue weighted by Crippen LogP contribution is -2.34. The van der Waals surface area contributed by atoms with E-state index in [1.54, 1.807) is 7.05 Å². The van der Waals surface area contributed by atoms with Crippen LogP contribution in [0.2, 0.25) is 0 Å². The lowest BCUT2D eigenvalue weighted by Gasteiger charge is -2.18. The van der Waals surface area contributed by atoms with Crippen molar-refractivity contribution >= 4 is 23.5 Å². The van der Waals surface area contributed by atoms with E-state index in [1.165, 1.54) is 4.90 Å². The maximum absolute atomic E-state index is 12.6. The first-order chi connectivity index (χ1) is 15.0. The molecule has 0 unspecified atom stereocenters. The number of hydrogen-bond donors (Lipinski definition) is 1. The van der Waals surface area contributed by atoms with Gasteiger partial charge in [0.2, 0.25) is 0 Å². The highest BCUT2D eigenvalue weighted by Gasteiger charge is 2.30. The number of nitrogens with one attached hydrogen (secondary N) is 1. The standard InChI is InChI=1S/C22H24F3N3O4/c1-27(2)18-10-4-15(5-11-18)13-28(3)19(29)14-32-20(30)12-26-21(31)16-6-8-17(9-7-16)22(23,24)25/h4-11H,12-14H2,1-3H3,(H,26,31). The molecule has 0 aliphatic carbocycles. The van der Waals surface area contributed by atoms with E-state index in [4.69, 9.17) is 4.74 Å². The predicted octanol–water partition coefficient (Wildman–Crippen LogP) is 2.70. The summed E-state index contributed by atoms with van der Waals surface area (Å²) in [6.45, 7) is -0.696. The molecule has 32 heavy (non-hydrogen) atoms. The highest BCUT2D eigenvalue weighted by Crippen LogP contribution is 2.29. The number of rotatable bonds is 8. The monoisotopic (exact) mass is 451 g/mol. The van der Waals surface area contributed by atoms with Crippen molar-refractivity contribution in [3.63, 3.8) is 0 Å². The Balaban J connectivity index is 1.75. The van der Waals surface area contributed by atoms with E-state index in [-0.39, 0.29) is 5.56 Å². The van der Waals surface area contributed by atoms with E-state index in [0.29, 0.717) is 6.54 Å². The van der Waals surface area contributed by atoms with Gasteiger partial charge in [0.1, 0.15) is 6.54 Å². The number of amides is 2. The van der Waals surface area contributed by atoms with Crippen molar-refractivity contribution in [2.45, 2.75) is 12.7 Å². The average molecular weight is 451 g/mol. The third kappa shape index (κ3) is 7.29.